The Bertz CT molecular complexity index is 1640. The number of pyridine rings is 1. The number of likely N-dealkylation sites (tertiary alicyclic amines) is 1. The lowest BCUT2D eigenvalue weighted by Crippen LogP contribution is -2.18. The van der Waals surface area contributed by atoms with Gasteiger partial charge in [-0.15, -0.1) is 0 Å². The molecule has 2 aromatic carbocycles. The number of nitrogens with zero attached hydrogens (tertiary/aromatic N) is 3. The van der Waals surface area contributed by atoms with Crippen molar-refractivity contribution in [3.05, 3.63) is 85.1 Å². The van der Waals surface area contributed by atoms with E-state index in [9.17, 15) is 0 Å². The quantitative estimate of drug-likeness (QED) is 0.303. The SMILES string of the molecule is c1cc(-c2ccoc2)c2cc(-c3n[nH]c4ccc(-c5cncc(CN6CCCC6)c5)cc34)[nH]c2c1. The Hall–Kier alpha value is -4.16. The van der Waals surface area contributed by atoms with Crippen molar-refractivity contribution in [2.75, 3.05) is 13.1 Å². The summed E-state index contributed by atoms with van der Waals surface area (Å²) in [6.45, 7) is 3.33. The fourth-order valence-electron chi connectivity index (χ4n) is 5.28. The second kappa shape index (κ2) is 8.25. The molecular weight excluding hydrogens is 434 g/mol. The smallest absolute Gasteiger partial charge is 0.116 e. The van der Waals surface area contributed by atoms with Crippen molar-refractivity contribution >= 4 is 21.8 Å². The molecule has 2 N–H and O–H groups in total. The van der Waals surface area contributed by atoms with E-state index in [1.165, 1.54) is 31.5 Å². The normalized spacial score (nSPS) is 14.4. The standard InChI is InChI=1S/C29H25N5O/c1-2-10-34(9-1)17-19-12-22(16-30-15-19)20-6-7-27-25(13-20)29(33-32-27)28-14-24-23(21-8-11-35-18-21)4-3-5-26(24)31-28/h3-8,11-16,18,31H,1-2,9-10,17H2,(H,32,33). The molecule has 6 heteroatoms. The lowest BCUT2D eigenvalue weighted by molar-refractivity contribution is 0.331. The van der Waals surface area contributed by atoms with Crippen LogP contribution in [0.15, 0.2) is 83.9 Å². The highest BCUT2D eigenvalue weighted by molar-refractivity contribution is 6.01. The van der Waals surface area contributed by atoms with Crippen molar-refractivity contribution in [3.8, 4) is 33.6 Å². The molecule has 1 saturated heterocycles. The molecule has 0 aliphatic carbocycles. The molecule has 5 heterocycles. The van der Waals surface area contributed by atoms with Crippen LogP contribution >= 0.6 is 0 Å². The first-order valence-electron chi connectivity index (χ1n) is 12.1. The first-order chi connectivity index (χ1) is 17.3. The van der Waals surface area contributed by atoms with Crippen molar-refractivity contribution in [2.24, 2.45) is 0 Å². The molecule has 0 saturated carbocycles. The van der Waals surface area contributed by atoms with Gasteiger partial charge in [-0.2, -0.15) is 5.10 Å². The molecule has 6 nitrogen and oxygen atoms in total. The summed E-state index contributed by atoms with van der Waals surface area (Å²) in [7, 11) is 0. The summed E-state index contributed by atoms with van der Waals surface area (Å²) in [5.74, 6) is 0. The van der Waals surface area contributed by atoms with E-state index in [0.717, 1.165) is 62.0 Å². The molecule has 35 heavy (non-hydrogen) atoms. The van der Waals surface area contributed by atoms with Gasteiger partial charge in [0.05, 0.1) is 23.7 Å². The third-order valence-corrected chi connectivity index (χ3v) is 7.05. The molecule has 0 radical (unpaired) electrons. The van der Waals surface area contributed by atoms with Crippen molar-refractivity contribution in [1.29, 1.82) is 0 Å². The van der Waals surface area contributed by atoms with E-state index in [1.54, 1.807) is 12.5 Å². The molecule has 1 aliphatic heterocycles. The summed E-state index contributed by atoms with van der Waals surface area (Å²) in [6, 6.07) is 19.2. The zero-order valence-corrected chi connectivity index (χ0v) is 19.3. The third kappa shape index (κ3) is 3.63. The highest BCUT2D eigenvalue weighted by Crippen LogP contribution is 2.35. The van der Waals surface area contributed by atoms with Gasteiger partial charge in [-0.25, -0.2) is 0 Å². The second-order valence-corrected chi connectivity index (χ2v) is 9.36. The Labute approximate surface area is 202 Å². The van der Waals surface area contributed by atoms with Crippen LogP contribution in [0.1, 0.15) is 18.4 Å². The topological polar surface area (TPSA) is 73.7 Å². The predicted octanol–water partition coefficient (Wildman–Crippen LogP) is 6.63. The number of hydrogen-bond acceptors (Lipinski definition) is 4. The van der Waals surface area contributed by atoms with Crippen LogP contribution in [0.5, 0.6) is 0 Å². The maximum atomic E-state index is 5.32. The summed E-state index contributed by atoms with van der Waals surface area (Å²) in [4.78, 5) is 10.6. The van der Waals surface area contributed by atoms with E-state index in [-0.39, 0.29) is 0 Å². The number of benzene rings is 2. The zero-order valence-electron chi connectivity index (χ0n) is 19.3. The highest BCUT2D eigenvalue weighted by Gasteiger charge is 2.16. The summed E-state index contributed by atoms with van der Waals surface area (Å²) in [5, 5.41) is 10.1. The maximum absolute atomic E-state index is 5.32. The lowest BCUT2D eigenvalue weighted by atomic mass is 10.0. The number of furan rings is 1. The van der Waals surface area contributed by atoms with Crippen molar-refractivity contribution in [3.63, 3.8) is 0 Å². The Morgan fingerprint density at radius 1 is 0.857 bits per heavy atom. The van der Waals surface area contributed by atoms with Crippen LogP contribution in [0, 0.1) is 0 Å². The van der Waals surface area contributed by atoms with E-state index in [4.69, 9.17) is 4.42 Å². The molecule has 7 rings (SSSR count). The molecule has 0 atom stereocenters. The highest BCUT2D eigenvalue weighted by atomic mass is 16.3. The minimum absolute atomic E-state index is 0.914. The van der Waals surface area contributed by atoms with Gasteiger partial charge in [0.2, 0.25) is 0 Å². The maximum Gasteiger partial charge on any atom is 0.116 e. The third-order valence-electron chi connectivity index (χ3n) is 7.05. The largest absolute Gasteiger partial charge is 0.472 e. The Kier molecular flexibility index (Phi) is 4.77. The summed E-state index contributed by atoms with van der Waals surface area (Å²) < 4.78 is 5.32. The monoisotopic (exact) mass is 459 g/mol. The molecule has 172 valence electrons. The number of rotatable bonds is 5. The van der Waals surface area contributed by atoms with Gasteiger partial charge < -0.3 is 9.40 Å². The number of aromatic amines is 2. The predicted molar refractivity (Wildman–Crippen MR) is 139 cm³/mol. The van der Waals surface area contributed by atoms with E-state index in [2.05, 4.69) is 73.6 Å². The number of aromatic nitrogens is 4. The van der Waals surface area contributed by atoms with Gasteiger partial charge in [-0.05, 0) is 79.0 Å². The molecule has 0 bridgehead atoms. The average molecular weight is 460 g/mol. The van der Waals surface area contributed by atoms with Gasteiger partial charge in [0.25, 0.3) is 0 Å². The van der Waals surface area contributed by atoms with Crippen molar-refractivity contribution in [1.82, 2.24) is 25.1 Å². The Morgan fingerprint density at radius 3 is 2.69 bits per heavy atom. The fourth-order valence-corrected chi connectivity index (χ4v) is 5.28. The van der Waals surface area contributed by atoms with E-state index >= 15 is 0 Å². The first-order valence-corrected chi connectivity index (χ1v) is 12.1. The molecule has 0 spiro atoms. The van der Waals surface area contributed by atoms with Crippen LogP contribution in [-0.4, -0.2) is 38.2 Å². The molecule has 1 aliphatic rings. The number of nitrogens with one attached hydrogen (secondary N) is 2. The van der Waals surface area contributed by atoms with Crippen LogP contribution in [0.4, 0.5) is 0 Å². The van der Waals surface area contributed by atoms with Gasteiger partial charge >= 0.3 is 0 Å². The molecule has 1 fully saturated rings. The molecule has 0 amide bonds. The van der Waals surface area contributed by atoms with Crippen LogP contribution in [0.2, 0.25) is 0 Å². The second-order valence-electron chi connectivity index (χ2n) is 9.36. The lowest BCUT2D eigenvalue weighted by Gasteiger charge is -2.14. The number of hydrogen-bond donors (Lipinski definition) is 2. The van der Waals surface area contributed by atoms with Gasteiger partial charge in [0.1, 0.15) is 5.69 Å². The van der Waals surface area contributed by atoms with Gasteiger partial charge in [-0.1, -0.05) is 18.2 Å². The summed E-state index contributed by atoms with van der Waals surface area (Å²) in [5.41, 5.74) is 9.73. The van der Waals surface area contributed by atoms with E-state index in [0.29, 0.717) is 0 Å². The van der Waals surface area contributed by atoms with Gasteiger partial charge in [-0.3, -0.25) is 15.0 Å². The Balaban J connectivity index is 1.28. The minimum atomic E-state index is 0.914. The Morgan fingerprint density at radius 2 is 1.80 bits per heavy atom. The number of H-pyrrole nitrogens is 2. The van der Waals surface area contributed by atoms with Crippen LogP contribution in [0.25, 0.3) is 55.4 Å². The van der Waals surface area contributed by atoms with E-state index in [1.807, 2.05) is 18.5 Å². The average Bonchev–Trinajstić information content (AvgIpc) is 3.70. The summed E-state index contributed by atoms with van der Waals surface area (Å²) >= 11 is 0. The van der Waals surface area contributed by atoms with E-state index < -0.39 is 0 Å². The van der Waals surface area contributed by atoms with Gasteiger partial charge in [0, 0.05) is 46.4 Å². The molecular formula is C29H25N5O. The molecule has 6 aromatic rings. The van der Waals surface area contributed by atoms with Crippen molar-refractivity contribution in [2.45, 2.75) is 19.4 Å². The number of fused-ring (bicyclic) bond motifs is 2. The summed E-state index contributed by atoms with van der Waals surface area (Å²) in [6.07, 6.45) is 10.0. The zero-order chi connectivity index (χ0) is 23.2. The first kappa shape index (κ1) is 20.2. The fraction of sp³-hybridized carbons (Fsp3) is 0.172. The van der Waals surface area contributed by atoms with Crippen LogP contribution in [0.3, 0.4) is 0 Å². The van der Waals surface area contributed by atoms with Crippen molar-refractivity contribution < 1.29 is 4.42 Å². The molecule has 4 aromatic heterocycles. The minimum Gasteiger partial charge on any atom is -0.472 e. The van der Waals surface area contributed by atoms with Crippen LogP contribution in [-0.2, 0) is 6.54 Å². The van der Waals surface area contributed by atoms with Crippen LogP contribution < -0.4 is 0 Å². The molecule has 0 unspecified atom stereocenters. The van der Waals surface area contributed by atoms with Gasteiger partial charge in [0.15, 0.2) is 0 Å².